The van der Waals surface area contributed by atoms with Crippen LogP contribution in [0.4, 0.5) is 5.69 Å². The monoisotopic (exact) mass is 457 g/mol. The average Bonchev–Trinajstić information content (AvgIpc) is 2.79. The number of rotatable bonds is 6. The number of fused-ring (bicyclic) bond motifs is 1. The van der Waals surface area contributed by atoms with Crippen LogP contribution in [0, 0.1) is 0 Å². The molecule has 1 amide bonds. The third-order valence-corrected chi connectivity index (χ3v) is 8.33. The van der Waals surface area contributed by atoms with E-state index in [2.05, 4.69) is 22.3 Å². The third kappa shape index (κ3) is 4.98. The summed E-state index contributed by atoms with van der Waals surface area (Å²) in [5.74, 6) is 0.891. The van der Waals surface area contributed by atoms with Gasteiger partial charge in [-0.25, -0.2) is 8.42 Å². The number of likely N-dealkylation sites (N-methyl/N-ethyl adjacent to an activating group) is 1. The van der Waals surface area contributed by atoms with Crippen molar-refractivity contribution in [3.05, 3.63) is 53.6 Å². The predicted octanol–water partition coefficient (Wildman–Crippen LogP) is 3.08. The molecule has 1 N–H and O–H groups in total. The quantitative estimate of drug-likeness (QED) is 0.721. The van der Waals surface area contributed by atoms with Crippen LogP contribution in [0.15, 0.2) is 47.4 Å². The van der Waals surface area contributed by atoms with Crippen molar-refractivity contribution in [2.75, 3.05) is 45.7 Å². The van der Waals surface area contributed by atoms with Gasteiger partial charge >= 0.3 is 0 Å². The van der Waals surface area contributed by atoms with E-state index in [1.165, 1.54) is 15.4 Å². The van der Waals surface area contributed by atoms with Crippen molar-refractivity contribution >= 4 is 21.6 Å². The number of benzene rings is 2. The molecule has 32 heavy (non-hydrogen) atoms. The molecule has 1 aliphatic heterocycles. The number of hydrogen-bond donors (Lipinski definition) is 1. The molecule has 0 aromatic heterocycles. The van der Waals surface area contributed by atoms with Gasteiger partial charge in [-0.05, 0) is 73.7 Å². The molecule has 2 aromatic rings. The Labute approximate surface area is 190 Å². The minimum Gasteiger partial charge on any atom is -0.497 e. The van der Waals surface area contributed by atoms with Gasteiger partial charge in [0.25, 0.3) is 0 Å². The molecule has 0 bridgehead atoms. The van der Waals surface area contributed by atoms with Crippen LogP contribution in [0.1, 0.15) is 36.3 Å². The maximum Gasteiger partial charge on any atom is 0.243 e. The van der Waals surface area contributed by atoms with E-state index in [9.17, 15) is 13.2 Å². The zero-order valence-corrected chi connectivity index (χ0v) is 19.5. The molecule has 2 aromatic carbocycles. The Morgan fingerprint density at radius 3 is 2.66 bits per heavy atom. The number of nitrogens with zero attached hydrogens (tertiary/aromatic N) is 2. The lowest BCUT2D eigenvalue weighted by atomic mass is 9.81. The number of hydrogen-bond acceptors (Lipinski definition) is 5. The number of nitrogens with one attached hydrogen (secondary N) is 1. The zero-order valence-electron chi connectivity index (χ0n) is 18.7. The third-order valence-electron chi connectivity index (χ3n) is 6.44. The number of methoxy groups -OCH3 is 1. The smallest absolute Gasteiger partial charge is 0.243 e. The van der Waals surface area contributed by atoms with Crippen molar-refractivity contribution in [1.82, 2.24) is 9.21 Å². The minimum atomic E-state index is -3.57. The van der Waals surface area contributed by atoms with E-state index in [-0.39, 0.29) is 16.7 Å². The summed E-state index contributed by atoms with van der Waals surface area (Å²) in [5.41, 5.74) is 2.96. The summed E-state index contributed by atoms with van der Waals surface area (Å²) in [5, 5.41) is 2.91. The number of carbonyl (C=O) groups is 1. The van der Waals surface area contributed by atoms with E-state index in [1.54, 1.807) is 31.4 Å². The van der Waals surface area contributed by atoms with E-state index in [1.807, 2.05) is 13.1 Å². The minimum absolute atomic E-state index is 0.104. The van der Waals surface area contributed by atoms with Crippen molar-refractivity contribution in [2.45, 2.75) is 36.5 Å². The molecular formula is C24H31N3O4S. The Morgan fingerprint density at radius 2 is 1.91 bits per heavy atom. The van der Waals surface area contributed by atoms with Crippen LogP contribution in [0.5, 0.6) is 5.75 Å². The molecule has 0 spiro atoms. The molecule has 1 fully saturated rings. The lowest BCUT2D eigenvalue weighted by Crippen LogP contribution is -2.47. The summed E-state index contributed by atoms with van der Waals surface area (Å²) in [4.78, 5) is 15.1. The predicted molar refractivity (Wildman–Crippen MR) is 125 cm³/mol. The maximum atomic E-state index is 13.0. The van der Waals surface area contributed by atoms with Crippen LogP contribution < -0.4 is 10.1 Å². The molecule has 2 aliphatic rings. The second-order valence-electron chi connectivity index (χ2n) is 8.64. The van der Waals surface area contributed by atoms with Gasteiger partial charge in [-0.3, -0.25) is 4.79 Å². The number of sulfonamides is 1. The Bertz CT molecular complexity index is 1080. The van der Waals surface area contributed by atoms with Crippen LogP contribution in [0.25, 0.3) is 0 Å². The number of anilines is 1. The van der Waals surface area contributed by atoms with E-state index >= 15 is 0 Å². The molecular weight excluding hydrogens is 426 g/mol. The highest BCUT2D eigenvalue weighted by Crippen LogP contribution is 2.36. The van der Waals surface area contributed by atoms with Crippen molar-refractivity contribution in [1.29, 1.82) is 0 Å². The molecule has 1 heterocycles. The lowest BCUT2D eigenvalue weighted by Gasteiger charge is -2.31. The Morgan fingerprint density at radius 1 is 1.12 bits per heavy atom. The van der Waals surface area contributed by atoms with Gasteiger partial charge in [0.15, 0.2) is 0 Å². The zero-order chi connectivity index (χ0) is 22.7. The van der Waals surface area contributed by atoms with Crippen molar-refractivity contribution < 1.29 is 17.9 Å². The highest BCUT2D eigenvalue weighted by Gasteiger charge is 2.28. The van der Waals surface area contributed by atoms with E-state index in [0.29, 0.717) is 38.3 Å². The molecule has 172 valence electrons. The fraction of sp³-hybridized carbons (Fsp3) is 0.458. The van der Waals surface area contributed by atoms with E-state index in [4.69, 9.17) is 4.74 Å². The largest absolute Gasteiger partial charge is 0.497 e. The van der Waals surface area contributed by atoms with Crippen LogP contribution in [-0.4, -0.2) is 63.9 Å². The summed E-state index contributed by atoms with van der Waals surface area (Å²) in [7, 11) is 0.0736. The summed E-state index contributed by atoms with van der Waals surface area (Å²) in [6.07, 6.45) is 3.37. The van der Waals surface area contributed by atoms with Gasteiger partial charge in [0.2, 0.25) is 15.9 Å². The molecule has 0 saturated carbocycles. The molecule has 0 radical (unpaired) electrons. The highest BCUT2D eigenvalue weighted by atomic mass is 32.2. The Balaban J connectivity index is 1.44. The fourth-order valence-electron chi connectivity index (χ4n) is 4.58. The summed E-state index contributed by atoms with van der Waals surface area (Å²) in [6.45, 7) is 2.37. The van der Waals surface area contributed by atoms with Crippen LogP contribution in [0.2, 0.25) is 0 Å². The normalized spacial score (nSPS) is 19.9. The Hall–Kier alpha value is -2.42. The number of carbonyl (C=O) groups excluding carboxylic acids is 1. The topological polar surface area (TPSA) is 78.9 Å². The molecule has 1 saturated heterocycles. The standard InChI is InChI=1S/C24H31N3O4S/c1-26-11-13-27(14-12-26)32(29,30)22-8-4-7-20(17-22)25-24(28)16-19-6-3-5-18-15-21(31-2)9-10-23(18)19/h4,7-10,15,17,19H,3,5-6,11-14,16H2,1-2H3,(H,25,28). The SMILES string of the molecule is COc1ccc2c(c1)CCCC2CC(=O)Nc1cccc(S(=O)(=O)N2CCN(C)CC2)c1. The lowest BCUT2D eigenvalue weighted by molar-refractivity contribution is -0.116. The highest BCUT2D eigenvalue weighted by molar-refractivity contribution is 7.89. The molecule has 1 atom stereocenters. The summed E-state index contributed by atoms with van der Waals surface area (Å²) < 4.78 is 32.9. The first-order valence-electron chi connectivity index (χ1n) is 11.1. The van der Waals surface area contributed by atoms with Gasteiger partial charge in [-0.1, -0.05) is 12.1 Å². The van der Waals surface area contributed by atoms with Gasteiger partial charge in [0, 0.05) is 38.3 Å². The molecule has 1 unspecified atom stereocenters. The second-order valence-corrected chi connectivity index (χ2v) is 10.6. The van der Waals surface area contributed by atoms with Gasteiger partial charge in [-0.2, -0.15) is 4.31 Å². The fourth-order valence-corrected chi connectivity index (χ4v) is 6.05. The van der Waals surface area contributed by atoms with Gasteiger partial charge in [0.05, 0.1) is 12.0 Å². The molecule has 1 aliphatic carbocycles. The number of amides is 1. The first-order chi connectivity index (χ1) is 15.4. The van der Waals surface area contributed by atoms with Crippen molar-refractivity contribution in [2.24, 2.45) is 0 Å². The molecule has 7 nitrogen and oxygen atoms in total. The Kier molecular flexibility index (Phi) is 6.83. The second kappa shape index (κ2) is 9.60. The van der Waals surface area contributed by atoms with Crippen molar-refractivity contribution in [3.8, 4) is 5.75 Å². The molecule has 8 heteroatoms. The number of piperazine rings is 1. The maximum absolute atomic E-state index is 13.0. The van der Waals surface area contributed by atoms with Crippen molar-refractivity contribution in [3.63, 3.8) is 0 Å². The summed E-state index contributed by atoms with van der Waals surface area (Å²) >= 11 is 0. The van der Waals surface area contributed by atoms with Gasteiger partial charge < -0.3 is 15.0 Å². The van der Waals surface area contributed by atoms with E-state index < -0.39 is 10.0 Å². The molecule has 4 rings (SSSR count). The number of ether oxygens (including phenoxy) is 1. The number of aryl methyl sites for hydroxylation is 1. The first kappa shape index (κ1) is 22.8. The first-order valence-corrected chi connectivity index (χ1v) is 12.6. The van der Waals surface area contributed by atoms with Crippen LogP contribution in [0.3, 0.4) is 0 Å². The summed E-state index contributed by atoms with van der Waals surface area (Å²) in [6, 6.07) is 12.6. The van der Waals surface area contributed by atoms with Gasteiger partial charge in [0.1, 0.15) is 5.75 Å². The van der Waals surface area contributed by atoms with Gasteiger partial charge in [-0.15, -0.1) is 0 Å². The van der Waals surface area contributed by atoms with Crippen LogP contribution in [-0.2, 0) is 21.2 Å². The van der Waals surface area contributed by atoms with Crippen LogP contribution >= 0.6 is 0 Å². The van der Waals surface area contributed by atoms with E-state index in [0.717, 1.165) is 25.0 Å². The average molecular weight is 458 g/mol.